The van der Waals surface area contributed by atoms with Crippen LogP contribution in [0.5, 0.6) is 0 Å². The van der Waals surface area contributed by atoms with Crippen molar-refractivity contribution in [2.24, 2.45) is 0 Å². The quantitative estimate of drug-likeness (QED) is 0.751. The van der Waals surface area contributed by atoms with Crippen LogP contribution in [0.3, 0.4) is 0 Å². The minimum Gasteiger partial charge on any atom is -0.300 e. The molecule has 0 spiro atoms. The van der Waals surface area contributed by atoms with Crippen molar-refractivity contribution < 1.29 is 22.2 Å². The van der Waals surface area contributed by atoms with Crippen molar-refractivity contribution in [2.75, 3.05) is 5.75 Å². The lowest BCUT2D eigenvalue weighted by Crippen LogP contribution is -2.06. The van der Waals surface area contributed by atoms with Gasteiger partial charge in [0.05, 0.1) is 16.4 Å². The van der Waals surface area contributed by atoms with Gasteiger partial charge in [-0.3, -0.25) is 4.21 Å². The van der Waals surface area contributed by atoms with Gasteiger partial charge in [-0.05, 0) is 38.0 Å². The maximum atomic E-state index is 12.5. The second kappa shape index (κ2) is 6.84. The Hall–Kier alpha value is -1.17. The molecule has 1 aromatic rings. The number of carbonyl (C=O) groups is 1. The molecule has 0 aliphatic heterocycles. The lowest BCUT2D eigenvalue weighted by Gasteiger charge is -2.08. The van der Waals surface area contributed by atoms with Crippen LogP contribution in [0.15, 0.2) is 29.2 Å². The second-order valence-electron chi connectivity index (χ2n) is 4.23. The maximum absolute atomic E-state index is 12.5. The summed E-state index contributed by atoms with van der Waals surface area (Å²) in [5, 5.41) is 0. The van der Waals surface area contributed by atoms with E-state index in [1.54, 1.807) is 0 Å². The van der Waals surface area contributed by atoms with Gasteiger partial charge >= 0.3 is 6.18 Å². The van der Waals surface area contributed by atoms with Crippen LogP contribution in [0, 0.1) is 0 Å². The molecule has 0 heterocycles. The van der Waals surface area contributed by atoms with Crippen LogP contribution in [0.1, 0.15) is 31.7 Å². The molecule has 106 valence electrons. The summed E-state index contributed by atoms with van der Waals surface area (Å²) in [7, 11) is -1.45. The standard InChI is InChI=1S/C13H15F3O2S/c1-10(17)5-2-3-8-19(18)12-7-4-6-11(9-12)13(14,15)16/h4,6-7,9H,2-3,5,8H2,1H3. The molecule has 2 nitrogen and oxygen atoms in total. The Kier molecular flexibility index (Phi) is 5.72. The molecule has 6 heteroatoms. The summed E-state index contributed by atoms with van der Waals surface area (Å²) in [6.45, 7) is 1.48. The Labute approximate surface area is 112 Å². The first kappa shape index (κ1) is 15.9. The highest BCUT2D eigenvalue weighted by molar-refractivity contribution is 7.85. The van der Waals surface area contributed by atoms with Gasteiger partial charge in [-0.15, -0.1) is 0 Å². The summed E-state index contributed by atoms with van der Waals surface area (Å²) in [5.74, 6) is 0.332. The van der Waals surface area contributed by atoms with E-state index in [0.717, 1.165) is 12.1 Å². The van der Waals surface area contributed by atoms with Crippen molar-refractivity contribution in [3.05, 3.63) is 29.8 Å². The molecule has 0 saturated carbocycles. The number of benzene rings is 1. The number of ketones is 1. The van der Waals surface area contributed by atoms with Gasteiger partial charge in [-0.2, -0.15) is 13.2 Å². The minimum atomic E-state index is -4.42. The van der Waals surface area contributed by atoms with E-state index in [1.807, 2.05) is 0 Å². The monoisotopic (exact) mass is 292 g/mol. The van der Waals surface area contributed by atoms with E-state index < -0.39 is 22.5 Å². The van der Waals surface area contributed by atoms with E-state index >= 15 is 0 Å². The molecule has 1 rings (SSSR count). The third-order valence-corrected chi connectivity index (χ3v) is 3.97. The Morgan fingerprint density at radius 1 is 1.26 bits per heavy atom. The van der Waals surface area contributed by atoms with Crippen molar-refractivity contribution in [3.8, 4) is 0 Å². The van der Waals surface area contributed by atoms with Gasteiger partial charge in [0.15, 0.2) is 0 Å². The minimum absolute atomic E-state index is 0.0600. The fraction of sp³-hybridized carbons (Fsp3) is 0.462. The van der Waals surface area contributed by atoms with Crippen molar-refractivity contribution in [3.63, 3.8) is 0 Å². The van der Waals surface area contributed by atoms with Crippen LogP contribution in [0.25, 0.3) is 0 Å². The number of alkyl halides is 3. The van der Waals surface area contributed by atoms with E-state index in [0.29, 0.717) is 19.3 Å². The molecule has 0 aliphatic rings. The van der Waals surface area contributed by atoms with E-state index in [9.17, 15) is 22.2 Å². The molecule has 1 atom stereocenters. The molecule has 0 radical (unpaired) electrons. The average Bonchev–Trinajstić information content (AvgIpc) is 2.33. The number of hydrogen-bond acceptors (Lipinski definition) is 2. The average molecular weight is 292 g/mol. The zero-order chi connectivity index (χ0) is 14.5. The zero-order valence-corrected chi connectivity index (χ0v) is 11.3. The third kappa shape index (κ3) is 5.55. The number of Topliss-reactive ketones (excluding diaryl/α,β-unsaturated/α-hetero) is 1. The van der Waals surface area contributed by atoms with Crippen LogP contribution in [0.2, 0.25) is 0 Å². The molecule has 0 aromatic heterocycles. The molecule has 0 amide bonds. The van der Waals surface area contributed by atoms with Crippen molar-refractivity contribution >= 4 is 16.6 Å². The Morgan fingerprint density at radius 3 is 2.53 bits per heavy atom. The molecule has 1 unspecified atom stereocenters. The zero-order valence-electron chi connectivity index (χ0n) is 10.5. The normalized spacial score (nSPS) is 13.3. The lowest BCUT2D eigenvalue weighted by molar-refractivity contribution is -0.137. The Bertz CT molecular complexity index is 469. The molecule has 0 N–H and O–H groups in total. The highest BCUT2D eigenvalue weighted by Gasteiger charge is 2.30. The topological polar surface area (TPSA) is 34.1 Å². The molecule has 0 saturated heterocycles. The van der Waals surface area contributed by atoms with Crippen LogP contribution >= 0.6 is 0 Å². The summed E-state index contributed by atoms with van der Waals surface area (Å²) in [5.41, 5.74) is -0.790. The van der Waals surface area contributed by atoms with Gasteiger partial charge in [0.25, 0.3) is 0 Å². The molecular formula is C13H15F3O2S. The predicted molar refractivity (Wildman–Crippen MR) is 67.3 cm³/mol. The first-order valence-electron chi connectivity index (χ1n) is 5.86. The van der Waals surface area contributed by atoms with Gasteiger partial charge < -0.3 is 4.79 Å². The van der Waals surface area contributed by atoms with Crippen molar-refractivity contribution in [1.82, 2.24) is 0 Å². The summed E-state index contributed by atoms with van der Waals surface area (Å²) < 4.78 is 49.3. The smallest absolute Gasteiger partial charge is 0.300 e. The first-order valence-corrected chi connectivity index (χ1v) is 7.17. The second-order valence-corrected chi connectivity index (χ2v) is 5.81. The Morgan fingerprint density at radius 2 is 1.95 bits per heavy atom. The number of unbranched alkanes of at least 4 members (excludes halogenated alkanes) is 1. The van der Waals surface area contributed by atoms with Gasteiger partial charge in [-0.1, -0.05) is 6.07 Å². The lowest BCUT2D eigenvalue weighted by atomic mass is 10.2. The molecular weight excluding hydrogens is 277 g/mol. The fourth-order valence-corrected chi connectivity index (χ4v) is 2.73. The fourth-order valence-electron chi connectivity index (χ4n) is 1.54. The third-order valence-electron chi connectivity index (χ3n) is 2.53. The molecule has 0 aliphatic carbocycles. The molecule has 0 bridgehead atoms. The Balaban J connectivity index is 2.60. The molecule has 19 heavy (non-hydrogen) atoms. The number of halogens is 3. The summed E-state index contributed by atoms with van der Waals surface area (Å²) in [6.07, 6.45) is -2.84. The van der Waals surface area contributed by atoms with Crippen LogP contribution < -0.4 is 0 Å². The van der Waals surface area contributed by atoms with Gasteiger partial charge in [0.1, 0.15) is 5.78 Å². The molecule has 0 fully saturated rings. The summed E-state index contributed by atoms with van der Waals surface area (Å²) >= 11 is 0. The highest BCUT2D eigenvalue weighted by Crippen LogP contribution is 2.30. The largest absolute Gasteiger partial charge is 0.416 e. The van der Waals surface area contributed by atoms with Crippen LogP contribution in [-0.4, -0.2) is 15.7 Å². The van der Waals surface area contributed by atoms with E-state index in [2.05, 4.69) is 0 Å². The number of rotatable bonds is 6. The summed E-state index contributed by atoms with van der Waals surface area (Å²) in [4.78, 5) is 10.9. The first-order chi connectivity index (χ1) is 8.80. The SMILES string of the molecule is CC(=O)CCCCS(=O)c1cccc(C(F)(F)F)c1. The van der Waals surface area contributed by atoms with E-state index in [1.165, 1.54) is 19.1 Å². The highest BCUT2D eigenvalue weighted by atomic mass is 32.2. The number of hydrogen-bond donors (Lipinski definition) is 0. The van der Waals surface area contributed by atoms with Crippen LogP contribution in [0.4, 0.5) is 13.2 Å². The van der Waals surface area contributed by atoms with Gasteiger partial charge in [-0.25, -0.2) is 0 Å². The van der Waals surface area contributed by atoms with E-state index in [4.69, 9.17) is 0 Å². The van der Waals surface area contributed by atoms with Crippen LogP contribution in [-0.2, 0) is 21.8 Å². The summed E-state index contributed by atoms with van der Waals surface area (Å²) in [6, 6.07) is 4.56. The van der Waals surface area contributed by atoms with E-state index in [-0.39, 0.29) is 16.4 Å². The molecule has 1 aromatic carbocycles. The maximum Gasteiger partial charge on any atom is 0.416 e. The van der Waals surface area contributed by atoms with Crippen molar-refractivity contribution in [2.45, 2.75) is 37.3 Å². The van der Waals surface area contributed by atoms with Crippen molar-refractivity contribution in [1.29, 1.82) is 0 Å². The predicted octanol–water partition coefficient (Wildman–Crippen LogP) is 3.57. The number of carbonyl (C=O) groups excluding carboxylic acids is 1. The van der Waals surface area contributed by atoms with Gasteiger partial charge in [0, 0.05) is 17.1 Å². The van der Waals surface area contributed by atoms with Gasteiger partial charge in [0.2, 0.25) is 0 Å².